The van der Waals surface area contributed by atoms with E-state index in [1.165, 1.54) is 0 Å². The molecule has 2 aliphatic heterocycles. The van der Waals surface area contributed by atoms with E-state index in [-0.39, 0.29) is 12.0 Å². The number of ether oxygens (including phenoxy) is 4. The van der Waals surface area contributed by atoms with Crippen LogP contribution in [-0.4, -0.2) is 69.6 Å². The lowest BCUT2D eigenvalue weighted by atomic mass is 10.1. The zero-order valence-electron chi connectivity index (χ0n) is 16.6. The lowest BCUT2D eigenvalue weighted by Gasteiger charge is -2.30. The zero-order chi connectivity index (χ0) is 19.3. The van der Waals surface area contributed by atoms with Gasteiger partial charge >= 0.3 is 0 Å². The number of rotatable bonds is 9. The largest absolute Gasteiger partial charge is 0.493 e. The molecule has 0 unspecified atom stereocenters. The SMILES string of the molecule is COCCCOc1cc(CN(C(=O)[C@H]2CNCCO2)C2CC2)cc2c1CCO2. The summed E-state index contributed by atoms with van der Waals surface area (Å²) in [6, 6.07) is 4.45. The first-order chi connectivity index (χ1) is 13.8. The summed E-state index contributed by atoms with van der Waals surface area (Å²) in [4.78, 5) is 15.0. The van der Waals surface area contributed by atoms with E-state index < -0.39 is 0 Å². The van der Waals surface area contributed by atoms with Gasteiger partial charge in [0.1, 0.15) is 17.6 Å². The van der Waals surface area contributed by atoms with Crippen LogP contribution in [0.2, 0.25) is 0 Å². The summed E-state index contributed by atoms with van der Waals surface area (Å²) in [5.74, 6) is 1.84. The van der Waals surface area contributed by atoms with Crippen molar-refractivity contribution in [3.05, 3.63) is 23.3 Å². The number of fused-ring (bicyclic) bond motifs is 1. The third-order valence-corrected chi connectivity index (χ3v) is 5.41. The fraction of sp³-hybridized carbons (Fsp3) is 0.667. The van der Waals surface area contributed by atoms with E-state index in [2.05, 4.69) is 17.4 Å². The molecule has 2 heterocycles. The highest BCUT2D eigenvalue weighted by atomic mass is 16.5. The van der Waals surface area contributed by atoms with E-state index in [9.17, 15) is 4.79 Å². The standard InChI is InChI=1S/C21H30N2O5/c1-25-7-2-8-26-18-11-15(12-19-17(18)5-9-27-19)14-23(16-3-4-16)21(24)20-13-22-6-10-28-20/h11-12,16,20,22H,2-10,13-14H2,1H3/t20-/m1/s1. The van der Waals surface area contributed by atoms with Crippen molar-refractivity contribution in [2.45, 2.75) is 44.4 Å². The van der Waals surface area contributed by atoms with Gasteiger partial charge in [-0.2, -0.15) is 0 Å². The van der Waals surface area contributed by atoms with Gasteiger partial charge in [0.05, 0.1) is 19.8 Å². The molecule has 4 rings (SSSR count). The molecule has 28 heavy (non-hydrogen) atoms. The minimum atomic E-state index is -0.384. The summed E-state index contributed by atoms with van der Waals surface area (Å²) in [5, 5.41) is 3.25. The van der Waals surface area contributed by atoms with Crippen molar-refractivity contribution >= 4 is 5.91 Å². The van der Waals surface area contributed by atoms with Gasteiger partial charge in [-0.1, -0.05) is 0 Å². The number of carbonyl (C=O) groups is 1. The molecule has 1 amide bonds. The van der Waals surface area contributed by atoms with Crippen LogP contribution in [0.5, 0.6) is 11.5 Å². The molecule has 1 aliphatic carbocycles. The van der Waals surface area contributed by atoms with Crippen LogP contribution < -0.4 is 14.8 Å². The average Bonchev–Trinajstić information content (AvgIpc) is 3.46. The monoisotopic (exact) mass is 390 g/mol. The van der Waals surface area contributed by atoms with Gasteiger partial charge in [-0.25, -0.2) is 0 Å². The number of hydrogen-bond donors (Lipinski definition) is 1. The summed E-state index contributed by atoms with van der Waals surface area (Å²) in [5.41, 5.74) is 2.18. The van der Waals surface area contributed by atoms with Gasteiger partial charge in [-0.3, -0.25) is 4.79 Å². The van der Waals surface area contributed by atoms with E-state index in [4.69, 9.17) is 18.9 Å². The molecule has 1 N–H and O–H groups in total. The maximum absolute atomic E-state index is 13.0. The van der Waals surface area contributed by atoms with Crippen molar-refractivity contribution < 1.29 is 23.7 Å². The van der Waals surface area contributed by atoms with Gasteiger partial charge in [0, 0.05) is 57.8 Å². The maximum atomic E-state index is 13.0. The number of nitrogens with zero attached hydrogens (tertiary/aromatic N) is 1. The average molecular weight is 390 g/mol. The van der Waals surface area contributed by atoms with Crippen LogP contribution in [-0.2, 0) is 27.2 Å². The molecule has 1 saturated heterocycles. The smallest absolute Gasteiger partial charge is 0.253 e. The van der Waals surface area contributed by atoms with Gasteiger partial charge in [0.25, 0.3) is 5.91 Å². The van der Waals surface area contributed by atoms with Crippen LogP contribution in [0.1, 0.15) is 30.4 Å². The Morgan fingerprint density at radius 1 is 1.29 bits per heavy atom. The molecule has 3 aliphatic rings. The molecule has 2 fully saturated rings. The molecular formula is C21H30N2O5. The van der Waals surface area contributed by atoms with Crippen LogP contribution in [0.4, 0.5) is 0 Å². The minimum Gasteiger partial charge on any atom is -0.493 e. The van der Waals surface area contributed by atoms with E-state index in [1.54, 1.807) is 7.11 Å². The minimum absolute atomic E-state index is 0.0821. The first-order valence-electron chi connectivity index (χ1n) is 10.3. The van der Waals surface area contributed by atoms with Gasteiger partial charge < -0.3 is 29.2 Å². The van der Waals surface area contributed by atoms with Crippen molar-refractivity contribution in [1.82, 2.24) is 10.2 Å². The number of nitrogens with one attached hydrogen (secondary N) is 1. The fourth-order valence-corrected chi connectivity index (χ4v) is 3.80. The topological polar surface area (TPSA) is 69.3 Å². The van der Waals surface area contributed by atoms with Crippen LogP contribution in [0.3, 0.4) is 0 Å². The highest BCUT2D eigenvalue weighted by Crippen LogP contribution is 2.37. The molecule has 0 bridgehead atoms. The summed E-state index contributed by atoms with van der Waals surface area (Å²) >= 11 is 0. The van der Waals surface area contributed by atoms with Crippen LogP contribution in [0, 0.1) is 0 Å². The van der Waals surface area contributed by atoms with Crippen molar-refractivity contribution in [1.29, 1.82) is 0 Å². The summed E-state index contributed by atoms with van der Waals surface area (Å²) in [6.07, 6.45) is 3.45. The van der Waals surface area contributed by atoms with Gasteiger partial charge in [0.15, 0.2) is 0 Å². The van der Waals surface area contributed by atoms with E-state index >= 15 is 0 Å². The van der Waals surface area contributed by atoms with E-state index in [1.807, 2.05) is 4.90 Å². The van der Waals surface area contributed by atoms with Gasteiger partial charge in [0.2, 0.25) is 0 Å². The molecule has 1 aromatic carbocycles. The third kappa shape index (κ3) is 4.59. The second-order valence-corrected chi connectivity index (χ2v) is 7.62. The molecule has 154 valence electrons. The Morgan fingerprint density at radius 2 is 2.18 bits per heavy atom. The lowest BCUT2D eigenvalue weighted by molar-refractivity contribution is -0.146. The number of carbonyl (C=O) groups excluding carboxylic acids is 1. The second kappa shape index (κ2) is 9.11. The number of methoxy groups -OCH3 is 1. The molecular weight excluding hydrogens is 360 g/mol. The van der Waals surface area contributed by atoms with Crippen molar-refractivity contribution in [3.63, 3.8) is 0 Å². The van der Waals surface area contributed by atoms with Gasteiger partial charge in [-0.05, 0) is 30.5 Å². The summed E-state index contributed by atoms with van der Waals surface area (Å²) in [6.45, 7) is 4.51. The summed E-state index contributed by atoms with van der Waals surface area (Å²) in [7, 11) is 1.70. The normalized spacial score (nSPS) is 21.1. The second-order valence-electron chi connectivity index (χ2n) is 7.62. The number of amides is 1. The Labute approximate surface area is 166 Å². The Balaban J connectivity index is 1.48. The fourth-order valence-electron chi connectivity index (χ4n) is 3.80. The predicted molar refractivity (Wildman–Crippen MR) is 104 cm³/mol. The molecule has 1 aromatic rings. The van der Waals surface area contributed by atoms with Crippen LogP contribution in [0.15, 0.2) is 12.1 Å². The molecule has 0 spiro atoms. The molecule has 1 atom stereocenters. The lowest BCUT2D eigenvalue weighted by Crippen LogP contribution is -2.49. The number of morpholine rings is 1. The van der Waals surface area contributed by atoms with Crippen molar-refractivity contribution in [2.24, 2.45) is 0 Å². The molecule has 0 aromatic heterocycles. The molecule has 7 nitrogen and oxygen atoms in total. The Kier molecular flexibility index (Phi) is 6.34. The molecule has 1 saturated carbocycles. The van der Waals surface area contributed by atoms with Crippen molar-refractivity contribution in [2.75, 3.05) is 46.6 Å². The first-order valence-corrected chi connectivity index (χ1v) is 10.3. The van der Waals surface area contributed by atoms with Gasteiger partial charge in [-0.15, -0.1) is 0 Å². The predicted octanol–water partition coefficient (Wildman–Crippen LogP) is 1.52. The van der Waals surface area contributed by atoms with Crippen LogP contribution >= 0.6 is 0 Å². The Hall–Kier alpha value is -1.83. The third-order valence-electron chi connectivity index (χ3n) is 5.41. The van der Waals surface area contributed by atoms with E-state index in [0.717, 1.165) is 54.9 Å². The van der Waals surface area contributed by atoms with Crippen LogP contribution in [0.25, 0.3) is 0 Å². The highest BCUT2D eigenvalue weighted by Gasteiger charge is 2.37. The molecule has 7 heteroatoms. The quantitative estimate of drug-likeness (QED) is 0.645. The maximum Gasteiger partial charge on any atom is 0.253 e. The number of benzene rings is 1. The summed E-state index contributed by atoms with van der Waals surface area (Å²) < 4.78 is 22.6. The Morgan fingerprint density at radius 3 is 2.93 bits per heavy atom. The zero-order valence-corrected chi connectivity index (χ0v) is 16.6. The highest BCUT2D eigenvalue weighted by molar-refractivity contribution is 5.82. The van der Waals surface area contributed by atoms with Crippen molar-refractivity contribution in [3.8, 4) is 11.5 Å². The first kappa shape index (κ1) is 19.5. The Bertz CT molecular complexity index is 686. The van der Waals surface area contributed by atoms with E-state index in [0.29, 0.717) is 45.6 Å². The number of hydrogen-bond acceptors (Lipinski definition) is 6. The molecule has 0 radical (unpaired) electrons.